The van der Waals surface area contributed by atoms with Crippen molar-refractivity contribution in [2.75, 3.05) is 13.2 Å². The van der Waals surface area contributed by atoms with E-state index in [-0.39, 0.29) is 11.5 Å². The Morgan fingerprint density at radius 3 is 2.00 bits per heavy atom. The monoisotopic (exact) mass is 305 g/mol. The molecule has 0 spiro atoms. The van der Waals surface area contributed by atoms with E-state index in [0.29, 0.717) is 19.4 Å². The molecule has 2 aromatic rings. The Morgan fingerprint density at radius 2 is 1.43 bits per heavy atom. The van der Waals surface area contributed by atoms with Gasteiger partial charge in [-0.3, -0.25) is 0 Å². The molecule has 0 atom stereocenters. The standard InChI is InChI=1S/C16H19NO3S/c18-13-11-15-8-6-14(7-9-15)10-12-17-21(19,20)16-4-2-1-3-5-16/h1-9,17-18H,10-13H2. The predicted octanol–water partition coefficient (Wildman–Crippen LogP) is 1.74. The summed E-state index contributed by atoms with van der Waals surface area (Å²) in [6, 6.07) is 16.2. The smallest absolute Gasteiger partial charge is 0.240 e. The summed E-state index contributed by atoms with van der Waals surface area (Å²) >= 11 is 0. The van der Waals surface area contributed by atoms with Crippen molar-refractivity contribution in [2.45, 2.75) is 17.7 Å². The first kappa shape index (κ1) is 15.7. The highest BCUT2D eigenvalue weighted by atomic mass is 32.2. The van der Waals surface area contributed by atoms with Crippen molar-refractivity contribution in [3.63, 3.8) is 0 Å². The van der Waals surface area contributed by atoms with Crippen LogP contribution in [0.3, 0.4) is 0 Å². The van der Waals surface area contributed by atoms with Crippen molar-refractivity contribution >= 4 is 10.0 Å². The lowest BCUT2D eigenvalue weighted by Gasteiger charge is -2.07. The van der Waals surface area contributed by atoms with Gasteiger partial charge < -0.3 is 5.11 Å². The third kappa shape index (κ3) is 4.67. The van der Waals surface area contributed by atoms with Gasteiger partial charge in [0, 0.05) is 13.2 Å². The molecular formula is C16H19NO3S. The molecule has 0 unspecified atom stereocenters. The fourth-order valence-corrected chi connectivity index (χ4v) is 3.07. The second-order valence-corrected chi connectivity index (χ2v) is 6.52. The Kier molecular flexibility index (Phi) is 5.50. The molecular weight excluding hydrogens is 286 g/mol. The van der Waals surface area contributed by atoms with Crippen LogP contribution in [-0.2, 0) is 22.9 Å². The number of benzene rings is 2. The molecule has 0 saturated heterocycles. The number of hydrogen-bond acceptors (Lipinski definition) is 3. The van der Waals surface area contributed by atoms with Crippen LogP contribution in [0, 0.1) is 0 Å². The molecule has 0 aromatic heterocycles. The van der Waals surface area contributed by atoms with Crippen LogP contribution in [0.2, 0.25) is 0 Å². The second kappa shape index (κ2) is 7.36. The molecule has 0 saturated carbocycles. The average molecular weight is 305 g/mol. The number of aliphatic hydroxyl groups is 1. The molecule has 0 amide bonds. The summed E-state index contributed by atoms with van der Waals surface area (Å²) < 4.78 is 26.6. The van der Waals surface area contributed by atoms with E-state index in [1.807, 2.05) is 24.3 Å². The van der Waals surface area contributed by atoms with E-state index in [1.165, 1.54) is 0 Å². The van der Waals surface area contributed by atoms with Crippen molar-refractivity contribution < 1.29 is 13.5 Å². The Bertz CT molecular complexity index is 652. The average Bonchev–Trinajstić information content (AvgIpc) is 2.50. The van der Waals surface area contributed by atoms with Crippen molar-refractivity contribution in [2.24, 2.45) is 0 Å². The molecule has 21 heavy (non-hydrogen) atoms. The van der Waals surface area contributed by atoms with Crippen molar-refractivity contribution in [1.82, 2.24) is 4.72 Å². The van der Waals surface area contributed by atoms with Gasteiger partial charge in [0.15, 0.2) is 0 Å². The van der Waals surface area contributed by atoms with Gasteiger partial charge in [-0.25, -0.2) is 13.1 Å². The van der Waals surface area contributed by atoms with E-state index in [0.717, 1.165) is 11.1 Å². The van der Waals surface area contributed by atoms with Crippen LogP contribution in [0.1, 0.15) is 11.1 Å². The van der Waals surface area contributed by atoms with Gasteiger partial charge >= 0.3 is 0 Å². The highest BCUT2D eigenvalue weighted by Crippen LogP contribution is 2.08. The summed E-state index contributed by atoms with van der Waals surface area (Å²) in [5.74, 6) is 0. The number of hydrogen-bond donors (Lipinski definition) is 2. The Morgan fingerprint density at radius 1 is 0.857 bits per heavy atom. The summed E-state index contributed by atoms with van der Waals surface area (Å²) in [7, 11) is -3.43. The van der Waals surface area contributed by atoms with E-state index < -0.39 is 10.0 Å². The summed E-state index contributed by atoms with van der Waals surface area (Å²) in [6.45, 7) is 0.493. The van der Waals surface area contributed by atoms with Crippen LogP contribution in [-0.4, -0.2) is 26.7 Å². The lowest BCUT2D eigenvalue weighted by molar-refractivity contribution is 0.299. The summed E-state index contributed by atoms with van der Waals surface area (Å²) in [5.41, 5.74) is 2.14. The lowest BCUT2D eigenvalue weighted by Crippen LogP contribution is -2.25. The van der Waals surface area contributed by atoms with E-state index in [9.17, 15) is 8.42 Å². The maximum atomic E-state index is 12.0. The fraction of sp³-hybridized carbons (Fsp3) is 0.250. The van der Waals surface area contributed by atoms with Gasteiger partial charge in [-0.1, -0.05) is 42.5 Å². The summed E-state index contributed by atoms with van der Waals surface area (Å²) in [6.07, 6.45) is 1.27. The zero-order valence-electron chi connectivity index (χ0n) is 11.7. The molecule has 0 radical (unpaired) electrons. The molecule has 112 valence electrons. The van der Waals surface area contributed by atoms with E-state index in [4.69, 9.17) is 5.11 Å². The number of aliphatic hydroxyl groups excluding tert-OH is 1. The highest BCUT2D eigenvalue weighted by Gasteiger charge is 2.11. The zero-order chi connectivity index (χ0) is 15.1. The van der Waals surface area contributed by atoms with Crippen LogP contribution in [0.25, 0.3) is 0 Å². The minimum Gasteiger partial charge on any atom is -0.396 e. The van der Waals surface area contributed by atoms with Gasteiger partial charge in [0.1, 0.15) is 0 Å². The first-order valence-corrected chi connectivity index (χ1v) is 8.33. The van der Waals surface area contributed by atoms with Gasteiger partial charge in [-0.2, -0.15) is 0 Å². The minimum absolute atomic E-state index is 0.135. The number of nitrogens with one attached hydrogen (secondary N) is 1. The number of rotatable bonds is 7. The van der Waals surface area contributed by atoms with Crippen LogP contribution in [0.15, 0.2) is 59.5 Å². The molecule has 2 rings (SSSR count). The number of sulfonamides is 1. The molecule has 0 bridgehead atoms. The predicted molar refractivity (Wildman–Crippen MR) is 82.6 cm³/mol. The van der Waals surface area contributed by atoms with Crippen molar-refractivity contribution in [3.8, 4) is 0 Å². The quantitative estimate of drug-likeness (QED) is 0.819. The molecule has 0 heterocycles. The highest BCUT2D eigenvalue weighted by molar-refractivity contribution is 7.89. The third-order valence-electron chi connectivity index (χ3n) is 3.18. The lowest BCUT2D eigenvalue weighted by atomic mass is 10.1. The van der Waals surface area contributed by atoms with Crippen molar-refractivity contribution in [3.05, 3.63) is 65.7 Å². The zero-order valence-corrected chi connectivity index (χ0v) is 12.5. The van der Waals surface area contributed by atoms with E-state index in [2.05, 4.69) is 4.72 Å². The van der Waals surface area contributed by atoms with Gasteiger partial charge in [0.05, 0.1) is 4.90 Å². The largest absolute Gasteiger partial charge is 0.396 e. The molecule has 0 aliphatic rings. The third-order valence-corrected chi connectivity index (χ3v) is 4.66. The normalized spacial score (nSPS) is 11.5. The van der Waals surface area contributed by atoms with Crippen LogP contribution >= 0.6 is 0 Å². The fourth-order valence-electron chi connectivity index (χ4n) is 2.01. The molecule has 4 nitrogen and oxygen atoms in total. The van der Waals surface area contributed by atoms with Gasteiger partial charge in [-0.15, -0.1) is 0 Å². The Hall–Kier alpha value is -1.69. The molecule has 2 N–H and O–H groups in total. The molecule has 0 aliphatic heterocycles. The molecule has 0 fully saturated rings. The Labute approximate surface area is 125 Å². The molecule has 0 aliphatic carbocycles. The van der Waals surface area contributed by atoms with E-state index >= 15 is 0 Å². The van der Waals surface area contributed by atoms with Crippen LogP contribution in [0.4, 0.5) is 0 Å². The SMILES string of the molecule is O=S(=O)(NCCc1ccc(CCO)cc1)c1ccccc1. The maximum Gasteiger partial charge on any atom is 0.240 e. The van der Waals surface area contributed by atoms with Gasteiger partial charge in [0.2, 0.25) is 10.0 Å². The van der Waals surface area contributed by atoms with E-state index in [1.54, 1.807) is 30.3 Å². The molecule has 5 heteroatoms. The second-order valence-electron chi connectivity index (χ2n) is 4.75. The summed E-state index contributed by atoms with van der Waals surface area (Å²) in [4.78, 5) is 0.281. The topological polar surface area (TPSA) is 66.4 Å². The van der Waals surface area contributed by atoms with Crippen molar-refractivity contribution in [1.29, 1.82) is 0 Å². The van der Waals surface area contributed by atoms with Gasteiger partial charge in [-0.05, 0) is 36.1 Å². The molecule has 2 aromatic carbocycles. The first-order valence-electron chi connectivity index (χ1n) is 6.85. The Balaban J connectivity index is 1.89. The van der Waals surface area contributed by atoms with Crippen LogP contribution < -0.4 is 4.72 Å². The van der Waals surface area contributed by atoms with Crippen LogP contribution in [0.5, 0.6) is 0 Å². The van der Waals surface area contributed by atoms with Gasteiger partial charge in [0.25, 0.3) is 0 Å². The maximum absolute atomic E-state index is 12.0. The first-order chi connectivity index (χ1) is 10.1. The summed E-state index contributed by atoms with van der Waals surface area (Å²) in [5, 5.41) is 8.85. The minimum atomic E-state index is -3.43.